The molecule has 0 aromatic heterocycles. The van der Waals surface area contributed by atoms with E-state index in [1.165, 1.54) is 5.56 Å². The summed E-state index contributed by atoms with van der Waals surface area (Å²) in [4.78, 5) is 14.4. The third-order valence-corrected chi connectivity index (χ3v) is 4.31. The molecule has 0 aliphatic carbocycles. The van der Waals surface area contributed by atoms with Crippen molar-refractivity contribution < 1.29 is 9.53 Å². The van der Waals surface area contributed by atoms with Crippen molar-refractivity contribution in [3.05, 3.63) is 35.9 Å². The van der Waals surface area contributed by atoms with Crippen molar-refractivity contribution in [2.45, 2.75) is 38.3 Å². The van der Waals surface area contributed by atoms with E-state index in [4.69, 9.17) is 4.74 Å². The van der Waals surface area contributed by atoms with Crippen molar-refractivity contribution in [3.8, 4) is 0 Å². The van der Waals surface area contributed by atoms with Gasteiger partial charge in [-0.2, -0.15) is 0 Å². The van der Waals surface area contributed by atoms with E-state index in [1.54, 1.807) is 7.11 Å². The number of urea groups is 1. The Morgan fingerprint density at radius 2 is 2.17 bits per heavy atom. The summed E-state index contributed by atoms with van der Waals surface area (Å²) in [5, 5.41) is 6.12. The molecule has 5 heteroatoms. The third-order valence-electron chi connectivity index (χ3n) is 4.31. The Balaban J connectivity index is 1.62. The molecule has 2 N–H and O–H groups in total. The lowest BCUT2D eigenvalue weighted by molar-refractivity contribution is 0.159. The van der Waals surface area contributed by atoms with Gasteiger partial charge in [-0.3, -0.25) is 4.90 Å². The summed E-state index contributed by atoms with van der Waals surface area (Å²) in [6.07, 6.45) is 2.94. The van der Waals surface area contributed by atoms with Gasteiger partial charge in [0.1, 0.15) is 0 Å². The minimum atomic E-state index is -0.0517. The highest BCUT2D eigenvalue weighted by Gasteiger charge is 2.23. The number of nitrogens with one attached hydrogen (secondary N) is 2. The van der Waals surface area contributed by atoms with Gasteiger partial charge in [0.2, 0.25) is 0 Å². The van der Waals surface area contributed by atoms with Crippen molar-refractivity contribution in [2.24, 2.45) is 0 Å². The first-order chi connectivity index (χ1) is 11.2. The second kappa shape index (κ2) is 9.53. The van der Waals surface area contributed by atoms with E-state index in [0.717, 1.165) is 45.5 Å². The summed E-state index contributed by atoms with van der Waals surface area (Å²) in [5.74, 6) is 0. The van der Waals surface area contributed by atoms with Crippen LogP contribution < -0.4 is 10.6 Å². The van der Waals surface area contributed by atoms with Crippen LogP contribution in [0, 0.1) is 0 Å². The summed E-state index contributed by atoms with van der Waals surface area (Å²) >= 11 is 0. The van der Waals surface area contributed by atoms with Crippen LogP contribution in [0.5, 0.6) is 0 Å². The van der Waals surface area contributed by atoms with Crippen LogP contribution in [0.1, 0.15) is 25.3 Å². The number of nitrogens with zero attached hydrogens (tertiary/aromatic N) is 1. The zero-order valence-electron chi connectivity index (χ0n) is 14.3. The normalized spacial score (nSPS) is 19.5. The largest absolute Gasteiger partial charge is 0.383 e. The molecule has 2 rings (SSSR count). The molecule has 1 aliphatic heterocycles. The molecule has 0 bridgehead atoms. The molecule has 2 amide bonds. The highest BCUT2D eigenvalue weighted by Crippen LogP contribution is 2.09. The standard InChI is InChI=1S/C18H29N3O2/c1-15(8-9-16-6-4-3-5-7-16)19-18(22)20-17-10-11-21(14-17)12-13-23-2/h3-7,15,17H,8-14H2,1-2H3,(H2,19,20,22). The summed E-state index contributed by atoms with van der Waals surface area (Å²) in [6, 6.07) is 10.7. The summed E-state index contributed by atoms with van der Waals surface area (Å²) in [6.45, 7) is 5.67. The lowest BCUT2D eigenvalue weighted by Crippen LogP contribution is -2.46. The highest BCUT2D eigenvalue weighted by atomic mass is 16.5. The number of amides is 2. The third kappa shape index (κ3) is 6.59. The first kappa shape index (κ1) is 17.8. The lowest BCUT2D eigenvalue weighted by Gasteiger charge is -2.19. The van der Waals surface area contributed by atoms with Gasteiger partial charge in [0.25, 0.3) is 0 Å². The fourth-order valence-electron chi connectivity index (χ4n) is 2.92. The van der Waals surface area contributed by atoms with Gasteiger partial charge >= 0.3 is 6.03 Å². The molecular weight excluding hydrogens is 290 g/mol. The summed E-state index contributed by atoms with van der Waals surface area (Å²) < 4.78 is 5.09. The Bertz CT molecular complexity index is 467. The van der Waals surface area contributed by atoms with Crippen LogP contribution in [-0.2, 0) is 11.2 Å². The molecule has 5 nitrogen and oxygen atoms in total. The topological polar surface area (TPSA) is 53.6 Å². The van der Waals surface area contributed by atoms with Crippen molar-refractivity contribution in [2.75, 3.05) is 33.4 Å². The van der Waals surface area contributed by atoms with E-state index in [0.29, 0.717) is 0 Å². The molecule has 1 aliphatic rings. The number of carbonyl (C=O) groups excluding carboxylic acids is 1. The molecule has 1 aromatic carbocycles. The van der Waals surface area contributed by atoms with Gasteiger partial charge in [-0.25, -0.2) is 4.79 Å². The lowest BCUT2D eigenvalue weighted by atomic mass is 10.1. The Hall–Kier alpha value is -1.59. The summed E-state index contributed by atoms with van der Waals surface area (Å²) in [5.41, 5.74) is 1.31. The maximum Gasteiger partial charge on any atom is 0.315 e. The number of methoxy groups -OCH3 is 1. The van der Waals surface area contributed by atoms with Gasteiger partial charge in [0.15, 0.2) is 0 Å². The molecule has 0 saturated carbocycles. The van der Waals surface area contributed by atoms with E-state index in [2.05, 4.69) is 46.7 Å². The Morgan fingerprint density at radius 3 is 2.91 bits per heavy atom. The average molecular weight is 319 g/mol. The minimum Gasteiger partial charge on any atom is -0.383 e. The predicted octanol–water partition coefficient (Wildman–Crippen LogP) is 2.03. The average Bonchev–Trinajstić information content (AvgIpc) is 2.99. The van der Waals surface area contributed by atoms with Gasteiger partial charge in [-0.15, -0.1) is 0 Å². The van der Waals surface area contributed by atoms with E-state index in [-0.39, 0.29) is 18.1 Å². The Morgan fingerprint density at radius 1 is 1.39 bits per heavy atom. The van der Waals surface area contributed by atoms with E-state index in [1.807, 2.05) is 6.07 Å². The van der Waals surface area contributed by atoms with Gasteiger partial charge in [-0.1, -0.05) is 30.3 Å². The molecule has 1 saturated heterocycles. The second-order valence-corrected chi connectivity index (χ2v) is 6.32. The second-order valence-electron chi connectivity index (χ2n) is 6.32. The maximum atomic E-state index is 12.1. The number of likely N-dealkylation sites (tertiary alicyclic amines) is 1. The Labute approximate surface area is 139 Å². The van der Waals surface area contributed by atoms with Gasteiger partial charge in [0, 0.05) is 38.8 Å². The predicted molar refractivity (Wildman–Crippen MR) is 92.6 cm³/mol. The minimum absolute atomic E-state index is 0.0517. The van der Waals surface area contributed by atoms with Gasteiger partial charge in [0.05, 0.1) is 6.61 Å². The quantitative estimate of drug-likeness (QED) is 0.771. The first-order valence-electron chi connectivity index (χ1n) is 8.49. The number of hydrogen-bond donors (Lipinski definition) is 2. The molecule has 0 radical (unpaired) electrons. The number of rotatable bonds is 8. The molecule has 1 fully saturated rings. The Kier molecular flexibility index (Phi) is 7.36. The van der Waals surface area contributed by atoms with Crippen LogP contribution in [0.4, 0.5) is 4.79 Å². The van der Waals surface area contributed by atoms with Crippen molar-refractivity contribution in [3.63, 3.8) is 0 Å². The van der Waals surface area contributed by atoms with Crippen molar-refractivity contribution in [1.29, 1.82) is 0 Å². The van der Waals surface area contributed by atoms with E-state index in [9.17, 15) is 4.79 Å². The zero-order valence-corrected chi connectivity index (χ0v) is 14.3. The summed E-state index contributed by atoms with van der Waals surface area (Å²) in [7, 11) is 1.72. The van der Waals surface area contributed by atoms with E-state index < -0.39 is 0 Å². The van der Waals surface area contributed by atoms with Gasteiger partial charge in [-0.05, 0) is 31.7 Å². The molecule has 1 heterocycles. The van der Waals surface area contributed by atoms with Crippen molar-refractivity contribution >= 4 is 6.03 Å². The number of carbonyl (C=O) groups is 1. The first-order valence-corrected chi connectivity index (χ1v) is 8.49. The molecular formula is C18H29N3O2. The highest BCUT2D eigenvalue weighted by molar-refractivity contribution is 5.74. The number of ether oxygens (including phenoxy) is 1. The van der Waals surface area contributed by atoms with Crippen LogP contribution in [0.3, 0.4) is 0 Å². The molecule has 0 spiro atoms. The zero-order chi connectivity index (χ0) is 16.5. The smallest absolute Gasteiger partial charge is 0.315 e. The fraction of sp³-hybridized carbons (Fsp3) is 0.611. The van der Waals surface area contributed by atoms with Gasteiger partial charge < -0.3 is 15.4 Å². The van der Waals surface area contributed by atoms with Crippen LogP contribution in [0.15, 0.2) is 30.3 Å². The van der Waals surface area contributed by atoms with Crippen LogP contribution in [0.25, 0.3) is 0 Å². The molecule has 1 aromatic rings. The SMILES string of the molecule is COCCN1CCC(NC(=O)NC(C)CCc2ccccc2)C1. The van der Waals surface area contributed by atoms with Crippen LogP contribution in [-0.4, -0.2) is 56.4 Å². The molecule has 23 heavy (non-hydrogen) atoms. The fourth-order valence-corrected chi connectivity index (χ4v) is 2.92. The maximum absolute atomic E-state index is 12.1. The van der Waals surface area contributed by atoms with E-state index >= 15 is 0 Å². The van der Waals surface area contributed by atoms with Crippen LogP contribution in [0.2, 0.25) is 0 Å². The monoisotopic (exact) mass is 319 g/mol. The molecule has 2 atom stereocenters. The van der Waals surface area contributed by atoms with Crippen LogP contribution >= 0.6 is 0 Å². The number of aryl methyl sites for hydroxylation is 1. The number of benzene rings is 1. The number of hydrogen-bond acceptors (Lipinski definition) is 3. The van der Waals surface area contributed by atoms with Crippen molar-refractivity contribution in [1.82, 2.24) is 15.5 Å². The molecule has 2 unspecified atom stereocenters. The molecule has 128 valence electrons.